The van der Waals surface area contributed by atoms with Gasteiger partial charge in [0.2, 0.25) is 5.91 Å². The molecule has 3 aromatic rings. The lowest BCUT2D eigenvalue weighted by Gasteiger charge is -2.09. The fourth-order valence-corrected chi connectivity index (χ4v) is 2.77. The number of aromatic nitrogens is 1. The molecule has 1 amide bonds. The van der Waals surface area contributed by atoms with Crippen LogP contribution in [0.25, 0.3) is 10.9 Å². The molecule has 0 aliphatic rings. The first-order chi connectivity index (χ1) is 9.65. The maximum atomic E-state index is 11.5. The third kappa shape index (κ3) is 2.34. The Balaban J connectivity index is 2.04. The molecule has 2 aromatic carbocycles. The van der Waals surface area contributed by atoms with Gasteiger partial charge in [0.1, 0.15) is 0 Å². The number of rotatable bonds is 3. The number of carbonyl (C=O) groups is 1. The van der Waals surface area contributed by atoms with Crippen LogP contribution in [0.15, 0.2) is 59.2 Å². The van der Waals surface area contributed by atoms with Crippen LogP contribution < -0.4 is 5.73 Å². The van der Waals surface area contributed by atoms with Crippen molar-refractivity contribution in [1.82, 2.24) is 4.57 Å². The molecule has 20 heavy (non-hydrogen) atoms. The Morgan fingerprint density at radius 2 is 1.95 bits per heavy atom. The van der Waals surface area contributed by atoms with Crippen LogP contribution in [0.5, 0.6) is 0 Å². The van der Waals surface area contributed by atoms with E-state index < -0.39 is 0 Å². The van der Waals surface area contributed by atoms with Crippen LogP contribution >= 0.6 is 15.9 Å². The number of nitrogens with two attached hydrogens (primary N) is 1. The number of halogens is 1. The Hall–Kier alpha value is -2.07. The highest BCUT2D eigenvalue weighted by molar-refractivity contribution is 9.10. The largest absolute Gasteiger partial charge is 0.366 e. The van der Waals surface area contributed by atoms with E-state index in [0.717, 1.165) is 20.9 Å². The number of hydrogen-bond acceptors (Lipinski definition) is 1. The topological polar surface area (TPSA) is 48.0 Å². The molecule has 4 heteroatoms. The summed E-state index contributed by atoms with van der Waals surface area (Å²) in [5.74, 6) is -0.389. The minimum absolute atomic E-state index is 0.389. The number of hydrogen-bond donors (Lipinski definition) is 1. The zero-order valence-corrected chi connectivity index (χ0v) is 12.3. The van der Waals surface area contributed by atoms with Crippen LogP contribution in [0.1, 0.15) is 15.9 Å². The zero-order chi connectivity index (χ0) is 14.1. The predicted molar refractivity (Wildman–Crippen MR) is 83.7 cm³/mol. The minimum atomic E-state index is -0.389. The van der Waals surface area contributed by atoms with E-state index in [9.17, 15) is 4.79 Å². The molecule has 0 unspecified atom stereocenters. The molecule has 2 N–H and O–H groups in total. The summed E-state index contributed by atoms with van der Waals surface area (Å²) < 4.78 is 3.17. The fourth-order valence-electron chi connectivity index (χ4n) is 2.39. The van der Waals surface area contributed by atoms with Crippen LogP contribution in [0.4, 0.5) is 0 Å². The molecule has 3 nitrogen and oxygen atoms in total. The molecule has 0 bridgehead atoms. The lowest BCUT2D eigenvalue weighted by Crippen LogP contribution is -2.14. The van der Waals surface area contributed by atoms with E-state index in [1.807, 2.05) is 30.5 Å². The van der Waals surface area contributed by atoms with Gasteiger partial charge in [0, 0.05) is 33.7 Å². The van der Waals surface area contributed by atoms with E-state index in [-0.39, 0.29) is 5.91 Å². The van der Waals surface area contributed by atoms with Crippen molar-refractivity contribution >= 4 is 32.7 Å². The standard InChI is InChI=1S/C16H13BrN2O/c17-13-5-6-15-11(9-13)7-8-19(15)10-12-3-1-2-4-14(12)16(18)20/h1-9H,10H2,(H2,18,20). The summed E-state index contributed by atoms with van der Waals surface area (Å²) in [4.78, 5) is 11.5. The molecule has 0 radical (unpaired) electrons. The number of benzene rings is 2. The molecule has 0 fully saturated rings. The second-order valence-corrected chi connectivity index (χ2v) is 5.58. The predicted octanol–water partition coefficient (Wildman–Crippen LogP) is 3.55. The van der Waals surface area contributed by atoms with E-state index in [2.05, 4.69) is 38.7 Å². The Kier molecular flexibility index (Phi) is 3.32. The molecule has 1 aromatic heterocycles. The second kappa shape index (κ2) is 5.13. The van der Waals surface area contributed by atoms with Crippen molar-refractivity contribution in [3.63, 3.8) is 0 Å². The van der Waals surface area contributed by atoms with E-state index in [4.69, 9.17) is 5.73 Å². The second-order valence-electron chi connectivity index (χ2n) is 4.67. The first-order valence-corrected chi connectivity index (χ1v) is 7.06. The molecule has 0 saturated carbocycles. The van der Waals surface area contributed by atoms with Crippen molar-refractivity contribution in [2.45, 2.75) is 6.54 Å². The molecule has 0 aliphatic carbocycles. The maximum Gasteiger partial charge on any atom is 0.249 e. The molecule has 0 atom stereocenters. The number of fused-ring (bicyclic) bond motifs is 1. The summed E-state index contributed by atoms with van der Waals surface area (Å²) >= 11 is 3.47. The van der Waals surface area contributed by atoms with Gasteiger partial charge in [0.25, 0.3) is 0 Å². The van der Waals surface area contributed by atoms with E-state index >= 15 is 0 Å². The van der Waals surface area contributed by atoms with Gasteiger partial charge in [-0.2, -0.15) is 0 Å². The van der Waals surface area contributed by atoms with Gasteiger partial charge in [-0.25, -0.2) is 0 Å². The molecule has 1 heterocycles. The van der Waals surface area contributed by atoms with Crippen LogP contribution in [0.3, 0.4) is 0 Å². The third-order valence-corrected chi connectivity index (χ3v) is 3.85. The van der Waals surface area contributed by atoms with Gasteiger partial charge in [-0.15, -0.1) is 0 Å². The van der Waals surface area contributed by atoms with Crippen LogP contribution in [-0.2, 0) is 6.54 Å². The van der Waals surface area contributed by atoms with Crippen molar-refractivity contribution in [2.24, 2.45) is 5.73 Å². The van der Waals surface area contributed by atoms with Crippen molar-refractivity contribution < 1.29 is 4.79 Å². The lowest BCUT2D eigenvalue weighted by atomic mass is 10.1. The van der Waals surface area contributed by atoms with Gasteiger partial charge < -0.3 is 10.3 Å². The highest BCUT2D eigenvalue weighted by atomic mass is 79.9. The molecule has 0 saturated heterocycles. The Bertz CT molecular complexity index is 792. The van der Waals surface area contributed by atoms with Crippen molar-refractivity contribution in [3.05, 3.63) is 70.3 Å². The molecule has 0 spiro atoms. The van der Waals surface area contributed by atoms with E-state index in [1.54, 1.807) is 6.07 Å². The summed E-state index contributed by atoms with van der Waals surface area (Å²) in [5.41, 5.74) is 8.06. The van der Waals surface area contributed by atoms with Gasteiger partial charge in [-0.1, -0.05) is 34.1 Å². The third-order valence-electron chi connectivity index (χ3n) is 3.36. The molecule has 100 valence electrons. The van der Waals surface area contributed by atoms with E-state index in [1.165, 1.54) is 0 Å². The van der Waals surface area contributed by atoms with Gasteiger partial charge in [-0.3, -0.25) is 4.79 Å². The molecular weight excluding hydrogens is 316 g/mol. The van der Waals surface area contributed by atoms with Crippen molar-refractivity contribution in [1.29, 1.82) is 0 Å². The first kappa shape index (κ1) is 12.9. The highest BCUT2D eigenvalue weighted by Gasteiger charge is 2.09. The zero-order valence-electron chi connectivity index (χ0n) is 10.7. The summed E-state index contributed by atoms with van der Waals surface area (Å²) in [7, 11) is 0. The summed E-state index contributed by atoms with van der Waals surface area (Å²) in [5, 5.41) is 1.16. The number of carbonyl (C=O) groups excluding carboxylic acids is 1. The first-order valence-electron chi connectivity index (χ1n) is 6.27. The summed E-state index contributed by atoms with van der Waals surface area (Å²) in [6.45, 7) is 0.629. The minimum Gasteiger partial charge on any atom is -0.366 e. The SMILES string of the molecule is NC(=O)c1ccccc1Cn1ccc2cc(Br)ccc21. The van der Waals surface area contributed by atoms with Crippen molar-refractivity contribution in [3.8, 4) is 0 Å². The molecule has 3 rings (SSSR count). The quantitative estimate of drug-likeness (QED) is 0.785. The summed E-state index contributed by atoms with van der Waals surface area (Å²) in [6, 6.07) is 15.7. The van der Waals surface area contributed by atoms with E-state index in [0.29, 0.717) is 12.1 Å². The van der Waals surface area contributed by atoms with Gasteiger partial charge in [-0.05, 0) is 35.9 Å². The smallest absolute Gasteiger partial charge is 0.249 e. The highest BCUT2D eigenvalue weighted by Crippen LogP contribution is 2.22. The number of nitrogens with zero attached hydrogens (tertiary/aromatic N) is 1. The maximum absolute atomic E-state index is 11.5. The molecule has 0 aliphatic heterocycles. The number of amides is 1. The number of primary amides is 1. The monoisotopic (exact) mass is 328 g/mol. The normalized spacial score (nSPS) is 10.8. The van der Waals surface area contributed by atoms with Gasteiger partial charge in [0.15, 0.2) is 0 Å². The Labute approximate surface area is 125 Å². The summed E-state index contributed by atoms with van der Waals surface area (Å²) in [6.07, 6.45) is 2.02. The van der Waals surface area contributed by atoms with Crippen molar-refractivity contribution in [2.75, 3.05) is 0 Å². The van der Waals surface area contributed by atoms with Crippen LogP contribution in [0.2, 0.25) is 0 Å². The fraction of sp³-hybridized carbons (Fsp3) is 0.0625. The lowest BCUT2D eigenvalue weighted by molar-refractivity contribution is 0.0999. The Morgan fingerprint density at radius 1 is 1.15 bits per heavy atom. The van der Waals surface area contributed by atoms with Gasteiger partial charge in [0.05, 0.1) is 0 Å². The Morgan fingerprint density at radius 3 is 2.75 bits per heavy atom. The average molecular weight is 329 g/mol. The molecular formula is C16H13BrN2O. The van der Waals surface area contributed by atoms with Crippen LogP contribution in [-0.4, -0.2) is 10.5 Å². The average Bonchev–Trinajstić information content (AvgIpc) is 2.81. The van der Waals surface area contributed by atoms with Gasteiger partial charge >= 0.3 is 0 Å². The van der Waals surface area contributed by atoms with Crippen LogP contribution in [0, 0.1) is 0 Å².